The summed E-state index contributed by atoms with van der Waals surface area (Å²) in [6.07, 6.45) is 2.03. The fourth-order valence-corrected chi connectivity index (χ4v) is 2.41. The van der Waals surface area contributed by atoms with Crippen LogP contribution in [-0.4, -0.2) is 31.2 Å². The van der Waals surface area contributed by atoms with Crippen molar-refractivity contribution in [3.05, 3.63) is 48.0 Å². The maximum Gasteiger partial charge on any atom is 0.255 e. The summed E-state index contributed by atoms with van der Waals surface area (Å²) in [5, 5.41) is 3.28. The van der Waals surface area contributed by atoms with Crippen LogP contribution in [0.5, 0.6) is 0 Å². The summed E-state index contributed by atoms with van der Waals surface area (Å²) < 4.78 is 0. The molecule has 0 aromatic heterocycles. The van der Waals surface area contributed by atoms with Crippen molar-refractivity contribution in [3.63, 3.8) is 0 Å². The first-order valence-electron chi connectivity index (χ1n) is 6.53. The molecule has 0 unspecified atom stereocenters. The van der Waals surface area contributed by atoms with Crippen molar-refractivity contribution >= 4 is 34.7 Å². The van der Waals surface area contributed by atoms with Gasteiger partial charge in [0.2, 0.25) is 0 Å². The Bertz CT molecular complexity index is 656. The van der Waals surface area contributed by atoms with Gasteiger partial charge in [-0.25, -0.2) is 0 Å². The average molecular weight is 301 g/mol. The van der Waals surface area contributed by atoms with E-state index in [0.29, 0.717) is 16.9 Å². The number of nitrogens with zero attached hydrogens (tertiary/aromatic N) is 1. The Morgan fingerprint density at radius 1 is 1.19 bits per heavy atom. The van der Waals surface area contributed by atoms with Gasteiger partial charge in [-0.1, -0.05) is 6.07 Å². The summed E-state index contributed by atoms with van der Waals surface area (Å²) in [7, 11) is 3.47. The van der Waals surface area contributed by atoms with Crippen molar-refractivity contribution in [2.45, 2.75) is 4.90 Å². The van der Waals surface area contributed by atoms with E-state index < -0.39 is 0 Å². The highest BCUT2D eigenvalue weighted by Gasteiger charge is 2.13. The van der Waals surface area contributed by atoms with Gasteiger partial charge in [-0.2, -0.15) is 0 Å². The molecular weight excluding hydrogens is 282 g/mol. The number of nitrogen functional groups attached to an aromatic ring is 1. The largest absolute Gasteiger partial charge is 0.399 e. The zero-order chi connectivity index (χ0) is 15.4. The molecule has 2 aromatic rings. The zero-order valence-corrected chi connectivity index (χ0v) is 13.2. The van der Waals surface area contributed by atoms with Gasteiger partial charge in [0.1, 0.15) is 0 Å². The predicted octanol–water partition coefficient (Wildman–Crippen LogP) is 3.44. The number of carbonyl (C=O) groups excluding carboxylic acids is 1. The van der Waals surface area contributed by atoms with Gasteiger partial charge in [0, 0.05) is 30.4 Å². The number of rotatable bonds is 4. The molecule has 0 bridgehead atoms. The standard InChI is InChI=1S/C16H19N3OS/c1-19(2)16(20)14-8-7-11(17)9-15(14)18-12-5-4-6-13(10-12)21-3/h4-10,18H,17H2,1-3H3. The first-order chi connectivity index (χ1) is 10.0. The van der Waals surface area contributed by atoms with Gasteiger partial charge in [0.25, 0.3) is 5.91 Å². The van der Waals surface area contributed by atoms with Gasteiger partial charge >= 0.3 is 0 Å². The lowest BCUT2D eigenvalue weighted by atomic mass is 10.1. The number of thioether (sulfide) groups is 1. The predicted molar refractivity (Wildman–Crippen MR) is 90.4 cm³/mol. The van der Waals surface area contributed by atoms with E-state index in [1.54, 1.807) is 49.0 Å². The highest BCUT2D eigenvalue weighted by Crippen LogP contribution is 2.26. The van der Waals surface area contributed by atoms with Crippen LogP contribution in [0.2, 0.25) is 0 Å². The van der Waals surface area contributed by atoms with Gasteiger partial charge in [0.05, 0.1) is 11.3 Å². The third-order valence-electron chi connectivity index (χ3n) is 3.03. The lowest BCUT2D eigenvalue weighted by molar-refractivity contribution is 0.0828. The molecule has 4 nitrogen and oxygen atoms in total. The summed E-state index contributed by atoms with van der Waals surface area (Å²) in [6.45, 7) is 0. The third kappa shape index (κ3) is 3.70. The van der Waals surface area contributed by atoms with E-state index in [2.05, 4.69) is 5.32 Å². The number of amides is 1. The summed E-state index contributed by atoms with van der Waals surface area (Å²) in [5.41, 5.74) is 8.71. The minimum absolute atomic E-state index is 0.0569. The molecule has 0 fully saturated rings. The van der Waals surface area contributed by atoms with E-state index in [1.807, 2.05) is 30.5 Å². The van der Waals surface area contributed by atoms with Crippen molar-refractivity contribution < 1.29 is 4.79 Å². The lowest BCUT2D eigenvalue weighted by Crippen LogP contribution is -2.22. The number of hydrogen-bond donors (Lipinski definition) is 2. The molecular formula is C16H19N3OS. The van der Waals surface area contributed by atoms with Crippen LogP contribution >= 0.6 is 11.8 Å². The number of anilines is 3. The molecule has 21 heavy (non-hydrogen) atoms. The van der Waals surface area contributed by atoms with Crippen LogP contribution in [-0.2, 0) is 0 Å². The number of hydrogen-bond acceptors (Lipinski definition) is 4. The van der Waals surface area contributed by atoms with E-state index in [1.165, 1.54) is 0 Å². The molecule has 110 valence electrons. The molecule has 2 aromatic carbocycles. The Balaban J connectivity index is 2.38. The second kappa shape index (κ2) is 6.54. The minimum atomic E-state index is -0.0569. The van der Waals surface area contributed by atoms with E-state index in [9.17, 15) is 4.79 Å². The maximum atomic E-state index is 12.2. The van der Waals surface area contributed by atoms with Crippen LogP contribution in [0.4, 0.5) is 17.1 Å². The van der Waals surface area contributed by atoms with Gasteiger partial charge in [-0.05, 0) is 42.7 Å². The van der Waals surface area contributed by atoms with Crippen LogP contribution in [0.15, 0.2) is 47.4 Å². The highest BCUT2D eigenvalue weighted by atomic mass is 32.2. The number of benzene rings is 2. The fourth-order valence-electron chi connectivity index (χ4n) is 1.95. The Morgan fingerprint density at radius 2 is 1.95 bits per heavy atom. The molecule has 0 atom stereocenters. The van der Waals surface area contributed by atoms with Crippen LogP contribution in [0.1, 0.15) is 10.4 Å². The monoisotopic (exact) mass is 301 g/mol. The van der Waals surface area contributed by atoms with Crippen LogP contribution < -0.4 is 11.1 Å². The van der Waals surface area contributed by atoms with Crippen molar-refractivity contribution in [2.75, 3.05) is 31.4 Å². The molecule has 0 saturated carbocycles. The zero-order valence-electron chi connectivity index (χ0n) is 12.4. The minimum Gasteiger partial charge on any atom is -0.399 e. The molecule has 2 rings (SSSR count). The molecule has 5 heteroatoms. The highest BCUT2D eigenvalue weighted by molar-refractivity contribution is 7.98. The van der Waals surface area contributed by atoms with E-state index in [0.717, 1.165) is 10.6 Å². The average Bonchev–Trinajstić information content (AvgIpc) is 2.47. The summed E-state index contributed by atoms with van der Waals surface area (Å²) >= 11 is 1.67. The van der Waals surface area contributed by atoms with E-state index >= 15 is 0 Å². The third-order valence-corrected chi connectivity index (χ3v) is 3.75. The molecule has 0 saturated heterocycles. The van der Waals surface area contributed by atoms with E-state index in [4.69, 9.17) is 5.73 Å². The summed E-state index contributed by atoms with van der Waals surface area (Å²) in [4.78, 5) is 14.9. The maximum absolute atomic E-state index is 12.2. The lowest BCUT2D eigenvalue weighted by Gasteiger charge is -2.16. The molecule has 0 spiro atoms. The SMILES string of the molecule is CSc1cccc(Nc2cc(N)ccc2C(=O)N(C)C)c1. The second-order valence-electron chi connectivity index (χ2n) is 4.86. The van der Waals surface area contributed by atoms with Gasteiger partial charge in [0.15, 0.2) is 0 Å². The molecule has 0 heterocycles. The molecule has 0 aliphatic rings. The Hall–Kier alpha value is -2.14. The Kier molecular flexibility index (Phi) is 4.75. The molecule has 3 N–H and O–H groups in total. The molecule has 0 aliphatic heterocycles. The van der Waals surface area contributed by atoms with E-state index in [-0.39, 0.29) is 5.91 Å². The molecule has 0 radical (unpaired) electrons. The summed E-state index contributed by atoms with van der Waals surface area (Å²) in [5.74, 6) is -0.0569. The number of nitrogens with two attached hydrogens (primary N) is 1. The van der Waals surface area contributed by atoms with Crippen molar-refractivity contribution in [1.29, 1.82) is 0 Å². The fraction of sp³-hybridized carbons (Fsp3) is 0.188. The topological polar surface area (TPSA) is 58.4 Å². The second-order valence-corrected chi connectivity index (χ2v) is 5.74. The van der Waals surface area contributed by atoms with Crippen molar-refractivity contribution in [2.24, 2.45) is 0 Å². The first kappa shape index (κ1) is 15.3. The molecule has 0 aliphatic carbocycles. The number of nitrogens with one attached hydrogen (secondary N) is 1. The van der Waals surface area contributed by atoms with Crippen molar-refractivity contribution in [1.82, 2.24) is 4.90 Å². The van der Waals surface area contributed by atoms with Gasteiger partial charge < -0.3 is 16.0 Å². The van der Waals surface area contributed by atoms with Crippen LogP contribution in [0, 0.1) is 0 Å². The molecule has 1 amide bonds. The first-order valence-corrected chi connectivity index (χ1v) is 7.76. The smallest absolute Gasteiger partial charge is 0.255 e. The van der Waals surface area contributed by atoms with Crippen molar-refractivity contribution in [3.8, 4) is 0 Å². The summed E-state index contributed by atoms with van der Waals surface area (Å²) in [6, 6.07) is 13.3. The van der Waals surface area contributed by atoms with Crippen LogP contribution in [0.25, 0.3) is 0 Å². The Labute approximate surface area is 129 Å². The Morgan fingerprint density at radius 3 is 2.62 bits per heavy atom. The van der Waals surface area contributed by atoms with Gasteiger partial charge in [-0.15, -0.1) is 11.8 Å². The normalized spacial score (nSPS) is 10.2. The number of carbonyl (C=O) groups is 1. The van der Waals surface area contributed by atoms with Gasteiger partial charge in [-0.3, -0.25) is 4.79 Å². The quantitative estimate of drug-likeness (QED) is 0.671. The van der Waals surface area contributed by atoms with Crippen LogP contribution in [0.3, 0.4) is 0 Å².